The van der Waals surface area contributed by atoms with Gasteiger partial charge in [-0.2, -0.15) is 0 Å². The van der Waals surface area contributed by atoms with E-state index in [1.54, 1.807) is 0 Å². The van der Waals surface area contributed by atoms with Gasteiger partial charge in [0, 0.05) is 55.2 Å². The van der Waals surface area contributed by atoms with Crippen LogP contribution >= 0.6 is 11.3 Å². The van der Waals surface area contributed by atoms with Crippen LogP contribution in [-0.4, -0.2) is 22.0 Å². The highest BCUT2D eigenvalue weighted by Crippen LogP contribution is 2.52. The summed E-state index contributed by atoms with van der Waals surface area (Å²) in [5.74, 6) is 1.97. The molecule has 0 amide bonds. The summed E-state index contributed by atoms with van der Waals surface area (Å²) in [6.07, 6.45) is 0. The number of benzene rings is 7. The Morgan fingerprint density at radius 2 is 1.06 bits per heavy atom. The minimum Gasteiger partial charge on any atom is -0.363 e. The van der Waals surface area contributed by atoms with Crippen molar-refractivity contribution in [1.82, 2.24) is 15.0 Å². The van der Waals surface area contributed by atoms with Crippen LogP contribution in [0.15, 0.2) is 170 Å². The Bertz CT molecular complexity index is 2700. The summed E-state index contributed by atoms with van der Waals surface area (Å²) in [4.78, 5) is 17.4. The van der Waals surface area contributed by atoms with Gasteiger partial charge >= 0.3 is 0 Å². The van der Waals surface area contributed by atoms with Crippen molar-refractivity contribution in [3.63, 3.8) is 0 Å². The molecule has 0 saturated carbocycles. The molecule has 3 heterocycles. The first-order chi connectivity index (χ1) is 25.7. The molecule has 10 rings (SSSR count). The monoisotopic (exact) mass is 684 g/mol. The zero-order valence-electron chi connectivity index (χ0n) is 28.4. The molecule has 1 aliphatic heterocycles. The molecule has 1 aliphatic rings. The molecule has 0 aliphatic carbocycles. The largest absolute Gasteiger partial charge is 0.363 e. The summed E-state index contributed by atoms with van der Waals surface area (Å²) < 4.78 is 2.57. The third-order valence-corrected chi connectivity index (χ3v) is 11.4. The summed E-state index contributed by atoms with van der Waals surface area (Å²) in [6, 6.07) is 60.2. The van der Waals surface area contributed by atoms with Crippen molar-refractivity contribution in [2.24, 2.45) is 0 Å². The van der Waals surface area contributed by atoms with E-state index in [4.69, 9.17) is 15.0 Å². The quantitative estimate of drug-likeness (QED) is 0.181. The second kappa shape index (κ2) is 12.4. The van der Waals surface area contributed by atoms with Crippen molar-refractivity contribution in [3.8, 4) is 56.4 Å². The first-order valence-corrected chi connectivity index (χ1v) is 18.4. The lowest BCUT2D eigenvalue weighted by Crippen LogP contribution is -2.29. The first-order valence-electron chi connectivity index (χ1n) is 17.5. The molecule has 0 saturated heterocycles. The van der Waals surface area contributed by atoms with Crippen LogP contribution in [-0.2, 0) is 0 Å². The topological polar surface area (TPSA) is 41.9 Å². The van der Waals surface area contributed by atoms with Crippen LogP contribution in [0.25, 0.3) is 76.6 Å². The van der Waals surface area contributed by atoms with Crippen LogP contribution in [0.5, 0.6) is 0 Å². The fourth-order valence-corrected chi connectivity index (χ4v) is 9.04. The van der Waals surface area contributed by atoms with Crippen molar-refractivity contribution >= 4 is 37.2 Å². The minimum absolute atomic E-state index is 0.118. The van der Waals surface area contributed by atoms with Gasteiger partial charge in [-0.1, -0.05) is 152 Å². The maximum Gasteiger partial charge on any atom is 0.164 e. The number of hydrogen-bond donors (Lipinski definition) is 0. The number of anilines is 1. The van der Waals surface area contributed by atoms with Crippen molar-refractivity contribution in [3.05, 3.63) is 181 Å². The molecule has 0 fully saturated rings. The lowest BCUT2D eigenvalue weighted by atomic mass is 9.83. The van der Waals surface area contributed by atoms with Crippen LogP contribution in [0.3, 0.4) is 0 Å². The molecular formula is C47H32N4S. The van der Waals surface area contributed by atoms with Crippen LogP contribution in [0, 0.1) is 0 Å². The molecule has 52 heavy (non-hydrogen) atoms. The van der Waals surface area contributed by atoms with Crippen molar-refractivity contribution < 1.29 is 0 Å². The van der Waals surface area contributed by atoms with Crippen LogP contribution in [0.4, 0.5) is 5.69 Å². The van der Waals surface area contributed by atoms with E-state index in [0.29, 0.717) is 17.5 Å². The number of para-hydroxylation sites is 1. The average Bonchev–Trinajstić information content (AvgIpc) is 3.61. The molecule has 0 radical (unpaired) electrons. The van der Waals surface area contributed by atoms with Gasteiger partial charge in [0.05, 0.1) is 6.04 Å². The Balaban J connectivity index is 1.15. The molecule has 9 aromatic rings. The van der Waals surface area contributed by atoms with E-state index < -0.39 is 0 Å². The Hall–Kier alpha value is -6.43. The minimum atomic E-state index is 0.118. The molecule has 0 bridgehead atoms. The number of nitrogens with zero attached hydrogens (tertiary/aromatic N) is 4. The van der Waals surface area contributed by atoms with Crippen molar-refractivity contribution in [1.29, 1.82) is 0 Å². The van der Waals surface area contributed by atoms with Crippen LogP contribution < -0.4 is 4.90 Å². The van der Waals surface area contributed by atoms with Gasteiger partial charge in [0.15, 0.2) is 17.5 Å². The highest BCUT2D eigenvalue weighted by atomic mass is 32.1. The summed E-state index contributed by atoms with van der Waals surface area (Å²) in [5, 5.41) is 2.61. The van der Waals surface area contributed by atoms with Crippen molar-refractivity contribution in [2.75, 3.05) is 11.9 Å². The normalized spacial score (nSPS) is 13.6. The van der Waals surface area contributed by atoms with Crippen LogP contribution in [0.2, 0.25) is 0 Å². The molecule has 0 spiro atoms. The summed E-state index contributed by atoms with van der Waals surface area (Å²) >= 11 is 1.87. The van der Waals surface area contributed by atoms with Crippen molar-refractivity contribution in [2.45, 2.75) is 6.04 Å². The molecular weight excluding hydrogens is 653 g/mol. The van der Waals surface area contributed by atoms with Gasteiger partial charge in [-0.05, 0) is 46.0 Å². The molecule has 5 heteroatoms. The third kappa shape index (κ3) is 5.01. The Kier molecular flexibility index (Phi) is 7.25. The Morgan fingerprint density at radius 3 is 1.77 bits per heavy atom. The summed E-state index contributed by atoms with van der Waals surface area (Å²) in [7, 11) is 2.22. The molecule has 4 nitrogen and oxygen atoms in total. The number of hydrogen-bond acceptors (Lipinski definition) is 5. The molecule has 7 aromatic carbocycles. The number of aromatic nitrogens is 3. The van der Waals surface area contributed by atoms with E-state index >= 15 is 0 Å². The van der Waals surface area contributed by atoms with E-state index in [9.17, 15) is 0 Å². The van der Waals surface area contributed by atoms with E-state index in [0.717, 1.165) is 22.3 Å². The highest BCUT2D eigenvalue weighted by Gasteiger charge is 2.32. The standard InChI is InChI=1S/C47H32N4S/c1-51-39-26-12-11-23-36(39)41-37(43(51)30-15-5-2-6-16-30)27-28-40-42(41)38-25-14-24-35(44(38)52-40)33-21-13-22-34(29-33)47-49-45(31-17-7-3-8-18-31)48-46(50-47)32-19-9-4-10-20-32/h2-29,43H,1H3. The first kappa shape index (κ1) is 30.4. The van der Waals surface area contributed by atoms with E-state index in [1.165, 1.54) is 53.7 Å². The van der Waals surface area contributed by atoms with Gasteiger partial charge in [-0.25, -0.2) is 15.0 Å². The van der Waals surface area contributed by atoms with Gasteiger partial charge in [0.25, 0.3) is 0 Å². The zero-order chi connectivity index (χ0) is 34.6. The zero-order valence-corrected chi connectivity index (χ0v) is 29.3. The predicted molar refractivity (Wildman–Crippen MR) is 217 cm³/mol. The van der Waals surface area contributed by atoms with Gasteiger partial charge in [-0.15, -0.1) is 11.3 Å². The maximum absolute atomic E-state index is 5.02. The third-order valence-electron chi connectivity index (χ3n) is 10.2. The average molecular weight is 685 g/mol. The van der Waals surface area contributed by atoms with Gasteiger partial charge < -0.3 is 4.90 Å². The second-order valence-electron chi connectivity index (χ2n) is 13.2. The SMILES string of the molecule is CN1c2ccccc2-c2c(ccc3sc4c(-c5cccc(-c6nc(-c7ccccc7)nc(-c7ccccc7)n6)c5)cccc4c23)C1c1ccccc1. The lowest BCUT2D eigenvalue weighted by Gasteiger charge is -2.38. The Labute approximate surface area is 306 Å². The molecule has 246 valence electrons. The number of fused-ring (bicyclic) bond motifs is 7. The van der Waals surface area contributed by atoms with E-state index in [1.807, 2.05) is 72.0 Å². The van der Waals surface area contributed by atoms with E-state index in [2.05, 4.69) is 121 Å². The van der Waals surface area contributed by atoms with Gasteiger partial charge in [0.2, 0.25) is 0 Å². The highest BCUT2D eigenvalue weighted by molar-refractivity contribution is 7.26. The number of thiophene rings is 1. The lowest BCUT2D eigenvalue weighted by molar-refractivity contribution is 0.776. The predicted octanol–water partition coefficient (Wildman–Crippen LogP) is 12.1. The van der Waals surface area contributed by atoms with Crippen LogP contribution in [0.1, 0.15) is 17.2 Å². The fourth-order valence-electron chi connectivity index (χ4n) is 7.79. The molecule has 0 N–H and O–H groups in total. The van der Waals surface area contributed by atoms with E-state index in [-0.39, 0.29) is 6.04 Å². The fraction of sp³-hybridized carbons (Fsp3) is 0.0426. The Morgan fingerprint density at radius 1 is 0.500 bits per heavy atom. The number of rotatable bonds is 5. The smallest absolute Gasteiger partial charge is 0.164 e. The summed E-state index contributed by atoms with van der Waals surface area (Å²) in [5.41, 5.74) is 11.7. The van der Waals surface area contributed by atoms with Gasteiger partial charge in [-0.3, -0.25) is 0 Å². The van der Waals surface area contributed by atoms with Gasteiger partial charge in [0.1, 0.15) is 0 Å². The second-order valence-corrected chi connectivity index (χ2v) is 14.3. The molecule has 1 unspecified atom stereocenters. The maximum atomic E-state index is 5.02. The molecule has 1 atom stereocenters. The summed E-state index contributed by atoms with van der Waals surface area (Å²) in [6.45, 7) is 0. The molecule has 2 aromatic heterocycles.